The largest absolute Gasteiger partial charge is 0.492 e. The summed E-state index contributed by atoms with van der Waals surface area (Å²) >= 11 is 0. The highest BCUT2D eigenvalue weighted by atomic mass is 32.2. The summed E-state index contributed by atoms with van der Waals surface area (Å²) in [6, 6.07) is 8.47. The van der Waals surface area contributed by atoms with Crippen LogP contribution in [0.5, 0.6) is 5.75 Å². The van der Waals surface area contributed by atoms with E-state index in [1.807, 2.05) is 0 Å². The zero-order valence-corrected chi connectivity index (χ0v) is 12.4. The number of sulfonamides is 1. The predicted molar refractivity (Wildman–Crippen MR) is 82.7 cm³/mol. The molecule has 0 amide bonds. The molecule has 0 radical (unpaired) electrons. The van der Waals surface area contributed by atoms with E-state index in [1.165, 1.54) is 6.20 Å². The lowest BCUT2D eigenvalue weighted by atomic mass is 10.3. The van der Waals surface area contributed by atoms with E-state index in [9.17, 15) is 8.42 Å². The van der Waals surface area contributed by atoms with E-state index < -0.39 is 10.0 Å². The number of hydrogen-bond donors (Lipinski definition) is 2. The molecule has 21 heavy (non-hydrogen) atoms. The number of ether oxygens (including phenoxy) is 1. The van der Waals surface area contributed by atoms with Gasteiger partial charge in [0.25, 0.3) is 0 Å². The molecule has 0 unspecified atom stereocenters. The number of aryl methyl sites for hydroxylation is 1. The quantitative estimate of drug-likeness (QED) is 0.793. The number of rotatable bonds is 6. The number of aromatic nitrogens is 1. The van der Waals surface area contributed by atoms with Gasteiger partial charge in [0.2, 0.25) is 10.0 Å². The minimum atomic E-state index is -3.47. The van der Waals surface area contributed by atoms with Gasteiger partial charge >= 0.3 is 0 Å². The van der Waals surface area contributed by atoms with Crippen molar-refractivity contribution in [3.05, 3.63) is 48.3 Å². The van der Waals surface area contributed by atoms with Gasteiger partial charge in [0.1, 0.15) is 18.1 Å². The molecule has 7 heteroatoms. The molecular weight excluding hydrogens is 290 g/mol. The smallest absolute Gasteiger partial charge is 0.236 e. The van der Waals surface area contributed by atoms with Gasteiger partial charge in [-0.3, -0.25) is 9.71 Å². The molecule has 1 aromatic heterocycles. The van der Waals surface area contributed by atoms with E-state index in [0.29, 0.717) is 17.1 Å². The summed E-state index contributed by atoms with van der Waals surface area (Å²) < 4.78 is 31.8. The third-order valence-corrected chi connectivity index (χ3v) is 4.00. The summed E-state index contributed by atoms with van der Waals surface area (Å²) in [6.07, 6.45) is 3.13. The average Bonchev–Trinajstić information content (AvgIpc) is 2.41. The summed E-state index contributed by atoms with van der Waals surface area (Å²) in [4.78, 5) is 3.91. The van der Waals surface area contributed by atoms with Crippen LogP contribution in [-0.2, 0) is 10.0 Å². The summed E-state index contributed by atoms with van der Waals surface area (Å²) in [5.74, 6) is 0.397. The first-order valence-electron chi connectivity index (χ1n) is 6.36. The molecule has 1 heterocycles. The Kier molecular flexibility index (Phi) is 4.64. The Bertz CT molecular complexity index is 717. The van der Waals surface area contributed by atoms with Crippen molar-refractivity contribution in [1.29, 1.82) is 0 Å². The summed E-state index contributed by atoms with van der Waals surface area (Å²) in [5.41, 5.74) is 7.47. The van der Waals surface area contributed by atoms with Crippen molar-refractivity contribution in [3.63, 3.8) is 0 Å². The molecule has 2 aromatic rings. The van der Waals surface area contributed by atoms with E-state index in [0.717, 1.165) is 5.56 Å². The standard InChI is InChI=1S/C14H17N3O3S/c1-11-10-16-6-5-14(11)17-21(18,19)8-7-20-13-4-2-3-12(15)9-13/h2-6,9-10H,7-8,15H2,1H3,(H,16,17). The lowest BCUT2D eigenvalue weighted by Gasteiger charge is -2.11. The van der Waals surface area contributed by atoms with Crippen LogP contribution in [0.2, 0.25) is 0 Å². The molecule has 3 N–H and O–H groups in total. The SMILES string of the molecule is Cc1cnccc1NS(=O)(=O)CCOc1cccc(N)c1. The zero-order chi connectivity index (χ0) is 15.3. The summed E-state index contributed by atoms with van der Waals surface area (Å²) in [7, 11) is -3.47. The molecule has 0 spiro atoms. The fourth-order valence-corrected chi connectivity index (χ4v) is 2.65. The molecule has 0 aliphatic heterocycles. The average molecular weight is 307 g/mol. The minimum absolute atomic E-state index is 0.0446. The molecule has 0 aliphatic carbocycles. The first-order valence-corrected chi connectivity index (χ1v) is 8.01. The lowest BCUT2D eigenvalue weighted by molar-refractivity contribution is 0.341. The van der Waals surface area contributed by atoms with Crippen LogP contribution in [-0.4, -0.2) is 25.8 Å². The Morgan fingerprint density at radius 3 is 2.86 bits per heavy atom. The maximum Gasteiger partial charge on any atom is 0.236 e. The lowest BCUT2D eigenvalue weighted by Crippen LogP contribution is -2.21. The molecule has 1 aromatic carbocycles. The van der Waals surface area contributed by atoms with Crippen molar-refractivity contribution in [3.8, 4) is 5.75 Å². The molecule has 0 saturated carbocycles. The maximum atomic E-state index is 12.0. The summed E-state index contributed by atoms with van der Waals surface area (Å²) in [5, 5.41) is 0. The van der Waals surface area contributed by atoms with E-state index in [4.69, 9.17) is 10.5 Å². The third-order valence-electron chi connectivity index (χ3n) is 2.76. The van der Waals surface area contributed by atoms with E-state index in [-0.39, 0.29) is 12.4 Å². The van der Waals surface area contributed by atoms with E-state index >= 15 is 0 Å². The number of nitrogens with two attached hydrogens (primary N) is 1. The monoisotopic (exact) mass is 307 g/mol. The Balaban J connectivity index is 1.91. The predicted octanol–water partition coefficient (Wildman–Crippen LogP) is 1.79. The van der Waals surface area contributed by atoms with Crippen LogP contribution in [0, 0.1) is 6.92 Å². The molecule has 112 valence electrons. The van der Waals surface area contributed by atoms with Crippen LogP contribution in [0.15, 0.2) is 42.7 Å². The molecule has 0 atom stereocenters. The third kappa shape index (κ3) is 4.64. The number of nitrogens with one attached hydrogen (secondary N) is 1. The van der Waals surface area contributed by atoms with Crippen LogP contribution in [0.25, 0.3) is 0 Å². The second-order valence-corrected chi connectivity index (χ2v) is 6.37. The molecular formula is C14H17N3O3S. The molecule has 6 nitrogen and oxygen atoms in total. The Morgan fingerprint density at radius 1 is 1.33 bits per heavy atom. The number of pyridine rings is 1. The van der Waals surface area contributed by atoms with E-state index in [1.54, 1.807) is 43.5 Å². The van der Waals surface area contributed by atoms with Crippen molar-refractivity contribution in [2.75, 3.05) is 22.8 Å². The normalized spacial score (nSPS) is 11.1. The van der Waals surface area contributed by atoms with Crippen molar-refractivity contribution >= 4 is 21.4 Å². The molecule has 2 rings (SSSR count). The maximum absolute atomic E-state index is 12.0. The van der Waals surface area contributed by atoms with Gasteiger partial charge in [-0.05, 0) is 30.7 Å². The number of nitrogen functional groups attached to an aromatic ring is 1. The highest BCUT2D eigenvalue weighted by Crippen LogP contribution is 2.16. The van der Waals surface area contributed by atoms with Crippen LogP contribution < -0.4 is 15.2 Å². The number of nitrogens with zero attached hydrogens (tertiary/aromatic N) is 1. The van der Waals surface area contributed by atoms with Crippen molar-refractivity contribution in [1.82, 2.24) is 4.98 Å². The number of benzene rings is 1. The van der Waals surface area contributed by atoms with Crippen LogP contribution in [0.4, 0.5) is 11.4 Å². The Morgan fingerprint density at radius 2 is 2.14 bits per heavy atom. The van der Waals surface area contributed by atoms with Gasteiger partial charge in [-0.1, -0.05) is 6.07 Å². The molecule has 0 saturated heterocycles. The second-order valence-electron chi connectivity index (χ2n) is 4.53. The first-order chi connectivity index (χ1) is 9.96. The van der Waals surface area contributed by atoms with Gasteiger partial charge in [0, 0.05) is 24.1 Å². The van der Waals surface area contributed by atoms with Crippen molar-refractivity contribution in [2.45, 2.75) is 6.92 Å². The van der Waals surface area contributed by atoms with Gasteiger partial charge in [-0.25, -0.2) is 8.42 Å². The highest BCUT2D eigenvalue weighted by Gasteiger charge is 2.12. The van der Waals surface area contributed by atoms with Crippen LogP contribution >= 0.6 is 0 Å². The van der Waals surface area contributed by atoms with Crippen molar-refractivity contribution < 1.29 is 13.2 Å². The van der Waals surface area contributed by atoms with Crippen LogP contribution in [0.1, 0.15) is 5.56 Å². The van der Waals surface area contributed by atoms with E-state index in [2.05, 4.69) is 9.71 Å². The second kappa shape index (κ2) is 6.45. The fraction of sp³-hybridized carbons (Fsp3) is 0.214. The zero-order valence-electron chi connectivity index (χ0n) is 11.6. The first kappa shape index (κ1) is 15.1. The summed E-state index contributed by atoms with van der Waals surface area (Å²) in [6.45, 7) is 1.83. The fourth-order valence-electron chi connectivity index (χ4n) is 1.68. The number of hydrogen-bond acceptors (Lipinski definition) is 5. The Hall–Kier alpha value is -2.28. The highest BCUT2D eigenvalue weighted by molar-refractivity contribution is 7.92. The topological polar surface area (TPSA) is 94.3 Å². The van der Waals surface area contributed by atoms with Gasteiger partial charge in [-0.2, -0.15) is 0 Å². The minimum Gasteiger partial charge on any atom is -0.492 e. The Labute approximate surface area is 124 Å². The van der Waals surface area contributed by atoms with Gasteiger partial charge in [0.15, 0.2) is 0 Å². The molecule has 0 bridgehead atoms. The van der Waals surface area contributed by atoms with Crippen molar-refractivity contribution in [2.24, 2.45) is 0 Å². The molecule has 0 aliphatic rings. The molecule has 0 fully saturated rings. The number of anilines is 2. The van der Waals surface area contributed by atoms with Gasteiger partial charge in [0.05, 0.1) is 5.69 Å². The van der Waals surface area contributed by atoms with Crippen LogP contribution in [0.3, 0.4) is 0 Å². The van der Waals surface area contributed by atoms with Gasteiger partial charge in [-0.15, -0.1) is 0 Å². The van der Waals surface area contributed by atoms with Gasteiger partial charge < -0.3 is 10.5 Å².